The van der Waals surface area contributed by atoms with Crippen LogP contribution in [-0.2, 0) is 6.67 Å². The first-order valence-corrected chi connectivity index (χ1v) is 5.81. The molecule has 86 valence electrons. The molecule has 3 aromatic rings. The van der Waals surface area contributed by atoms with Gasteiger partial charge in [0.25, 0.3) is 0 Å². The molecule has 0 fully saturated rings. The summed E-state index contributed by atoms with van der Waals surface area (Å²) in [5.41, 5.74) is 1.80. The minimum absolute atomic E-state index is 0.810. The lowest BCUT2D eigenvalue weighted by atomic mass is 10.2. The normalized spacial score (nSPS) is 12.2. The van der Waals surface area contributed by atoms with Gasteiger partial charge in [0.1, 0.15) is 6.20 Å². The zero-order valence-electron chi connectivity index (χ0n) is 9.64. The maximum atomic E-state index is 4.48. The monoisotopic (exact) mass is 237 g/mol. The Balaban J connectivity index is 2.01. The molecular weight excluding hydrogens is 226 g/mol. The maximum absolute atomic E-state index is 4.48. The summed E-state index contributed by atoms with van der Waals surface area (Å²) in [6, 6.07) is 7.90. The molecule has 0 saturated heterocycles. The van der Waals surface area contributed by atoms with E-state index in [2.05, 4.69) is 30.1 Å². The van der Waals surface area contributed by atoms with Crippen LogP contribution in [0.1, 0.15) is 0 Å². The lowest BCUT2D eigenvalue weighted by Crippen LogP contribution is -2.45. The second kappa shape index (κ2) is 3.46. The summed E-state index contributed by atoms with van der Waals surface area (Å²) in [7, 11) is 0. The second-order valence-corrected chi connectivity index (χ2v) is 4.20. The van der Waals surface area contributed by atoms with E-state index in [9.17, 15) is 0 Å². The summed E-state index contributed by atoms with van der Waals surface area (Å²) in [4.78, 5) is 8.87. The molecule has 0 atom stereocenters. The van der Waals surface area contributed by atoms with E-state index in [1.807, 2.05) is 42.9 Å². The van der Waals surface area contributed by atoms with E-state index in [1.54, 1.807) is 6.20 Å². The van der Waals surface area contributed by atoms with Crippen LogP contribution in [0, 0.1) is 0 Å². The number of fused-ring (bicyclic) bond motifs is 3. The number of aromatic nitrogens is 5. The van der Waals surface area contributed by atoms with Crippen LogP contribution in [0.15, 0.2) is 55.2 Å². The van der Waals surface area contributed by atoms with Gasteiger partial charge in [-0.2, -0.15) is 4.57 Å². The van der Waals surface area contributed by atoms with Crippen molar-refractivity contribution in [2.45, 2.75) is 6.67 Å². The molecule has 0 N–H and O–H groups in total. The van der Waals surface area contributed by atoms with Crippen molar-refractivity contribution in [2.24, 2.45) is 0 Å². The minimum atomic E-state index is 0.810. The van der Waals surface area contributed by atoms with Crippen LogP contribution in [0.5, 0.6) is 0 Å². The molecule has 0 aromatic carbocycles. The zero-order chi connectivity index (χ0) is 11.9. The first-order valence-electron chi connectivity index (χ1n) is 5.81. The summed E-state index contributed by atoms with van der Waals surface area (Å²) < 4.78 is 6.39. The van der Waals surface area contributed by atoms with Gasteiger partial charge in [0.2, 0.25) is 6.20 Å². The smallest absolute Gasteiger partial charge is 0.254 e. The van der Waals surface area contributed by atoms with Crippen molar-refractivity contribution in [2.75, 3.05) is 0 Å². The number of hydrogen-bond acceptors (Lipinski definition) is 2. The van der Waals surface area contributed by atoms with Crippen molar-refractivity contribution in [1.29, 1.82) is 0 Å². The van der Waals surface area contributed by atoms with Crippen LogP contribution < -0.4 is 9.25 Å². The van der Waals surface area contributed by atoms with E-state index in [4.69, 9.17) is 0 Å². The number of hydrogen-bond donors (Lipinski definition) is 0. The van der Waals surface area contributed by atoms with E-state index in [1.165, 1.54) is 0 Å². The molecule has 0 bridgehead atoms. The molecule has 4 heterocycles. The van der Waals surface area contributed by atoms with Crippen LogP contribution in [0.2, 0.25) is 0 Å². The van der Waals surface area contributed by atoms with Gasteiger partial charge in [-0.15, -0.1) is 0 Å². The summed E-state index contributed by atoms with van der Waals surface area (Å²) in [5.74, 6) is 1.06. The molecule has 1 aliphatic rings. The number of rotatable bonds is 1. The summed E-state index contributed by atoms with van der Waals surface area (Å²) >= 11 is 0. The summed E-state index contributed by atoms with van der Waals surface area (Å²) in [6.07, 6.45) is 9.68. The van der Waals surface area contributed by atoms with Gasteiger partial charge in [-0.05, 0) is 12.1 Å². The van der Waals surface area contributed by atoms with E-state index < -0.39 is 0 Å². The van der Waals surface area contributed by atoms with Crippen molar-refractivity contribution < 1.29 is 9.25 Å². The quantitative estimate of drug-likeness (QED) is 0.447. The molecule has 1 aliphatic heterocycles. The van der Waals surface area contributed by atoms with Gasteiger partial charge in [-0.1, -0.05) is 6.07 Å². The predicted octanol–water partition coefficient (Wildman–Crippen LogP) is 0.328. The van der Waals surface area contributed by atoms with Gasteiger partial charge in [-0.3, -0.25) is 4.98 Å². The highest BCUT2D eigenvalue weighted by Crippen LogP contribution is 2.19. The van der Waals surface area contributed by atoms with Crippen molar-refractivity contribution in [3.8, 4) is 17.2 Å². The average molecular weight is 237 g/mol. The molecule has 5 nitrogen and oxygen atoms in total. The molecule has 0 unspecified atom stereocenters. The Morgan fingerprint density at radius 2 is 2.06 bits per heavy atom. The van der Waals surface area contributed by atoms with Crippen LogP contribution in [0.3, 0.4) is 0 Å². The predicted molar refractivity (Wildman–Crippen MR) is 62.6 cm³/mol. The van der Waals surface area contributed by atoms with E-state index in [-0.39, 0.29) is 0 Å². The molecular formula is C13H11N5+2. The Morgan fingerprint density at radius 3 is 2.94 bits per heavy atom. The van der Waals surface area contributed by atoms with E-state index in [0.717, 1.165) is 23.9 Å². The SMILES string of the molecule is c1ccc(-c2ncc[n+]3c2-n2ccc[n+]2C3)nc1. The van der Waals surface area contributed by atoms with Gasteiger partial charge in [0.15, 0.2) is 11.9 Å². The molecule has 4 rings (SSSR count). The fourth-order valence-electron chi connectivity index (χ4n) is 2.33. The highest BCUT2D eigenvalue weighted by atomic mass is 15.5. The summed E-state index contributed by atoms with van der Waals surface area (Å²) in [5, 5.41) is 0. The highest BCUT2D eigenvalue weighted by Gasteiger charge is 2.36. The van der Waals surface area contributed by atoms with Gasteiger partial charge < -0.3 is 0 Å². The van der Waals surface area contributed by atoms with Crippen LogP contribution in [0.4, 0.5) is 0 Å². The van der Waals surface area contributed by atoms with Gasteiger partial charge in [-0.25, -0.2) is 4.98 Å². The molecule has 0 radical (unpaired) electrons. The molecule has 18 heavy (non-hydrogen) atoms. The standard InChI is InChI=1S/C13H11N5/c1-2-5-14-11(4-1)12-13-16(9-6-15-12)10-17-7-3-8-18(13)17/h1-9H,10H2/q+2. The van der Waals surface area contributed by atoms with Gasteiger partial charge in [0.05, 0.1) is 18.0 Å². The Hall–Kier alpha value is -2.56. The van der Waals surface area contributed by atoms with Crippen LogP contribution >= 0.6 is 0 Å². The van der Waals surface area contributed by atoms with Crippen molar-refractivity contribution >= 4 is 0 Å². The fraction of sp³-hybridized carbons (Fsp3) is 0.0769. The Morgan fingerprint density at radius 1 is 1.06 bits per heavy atom. The minimum Gasteiger partial charge on any atom is -0.254 e. The fourth-order valence-corrected chi connectivity index (χ4v) is 2.33. The first-order chi connectivity index (χ1) is 8.93. The molecule has 0 saturated carbocycles. The van der Waals surface area contributed by atoms with E-state index >= 15 is 0 Å². The highest BCUT2D eigenvalue weighted by molar-refractivity contribution is 5.60. The molecule has 0 aliphatic carbocycles. The van der Waals surface area contributed by atoms with E-state index in [0.29, 0.717) is 0 Å². The Labute approximate surface area is 104 Å². The second-order valence-electron chi connectivity index (χ2n) is 4.20. The lowest BCUT2D eigenvalue weighted by molar-refractivity contribution is -0.902. The third-order valence-corrected chi connectivity index (χ3v) is 3.12. The molecule has 3 aromatic heterocycles. The van der Waals surface area contributed by atoms with Crippen molar-refractivity contribution in [3.05, 3.63) is 55.2 Å². The van der Waals surface area contributed by atoms with Gasteiger partial charge >= 0.3 is 12.5 Å². The number of nitrogens with zero attached hydrogens (tertiary/aromatic N) is 5. The van der Waals surface area contributed by atoms with Crippen molar-refractivity contribution in [1.82, 2.24) is 14.6 Å². The average Bonchev–Trinajstić information content (AvgIpc) is 2.99. The third-order valence-electron chi connectivity index (χ3n) is 3.12. The lowest BCUT2D eigenvalue weighted by Gasteiger charge is -1.98. The van der Waals surface area contributed by atoms with Crippen molar-refractivity contribution in [3.63, 3.8) is 0 Å². The van der Waals surface area contributed by atoms with Gasteiger partial charge in [0, 0.05) is 15.6 Å². The zero-order valence-corrected chi connectivity index (χ0v) is 9.64. The first kappa shape index (κ1) is 9.47. The Kier molecular flexibility index (Phi) is 1.82. The largest absolute Gasteiger partial charge is 0.375 e. The maximum Gasteiger partial charge on any atom is 0.375 e. The molecule has 0 spiro atoms. The summed E-state index contributed by atoms with van der Waals surface area (Å²) in [6.45, 7) is 0.810. The number of pyridine rings is 1. The molecule has 0 amide bonds. The molecule has 5 heteroatoms. The van der Waals surface area contributed by atoms with Crippen LogP contribution in [0.25, 0.3) is 17.2 Å². The topological polar surface area (TPSA) is 38.5 Å². The third kappa shape index (κ3) is 1.21. The van der Waals surface area contributed by atoms with Crippen LogP contribution in [-0.4, -0.2) is 14.6 Å². The Bertz CT molecular complexity index is 717.